The van der Waals surface area contributed by atoms with Crippen molar-refractivity contribution in [2.24, 2.45) is 5.73 Å². The van der Waals surface area contributed by atoms with Crippen LogP contribution in [0.2, 0.25) is 0 Å². The number of aromatic amines is 1. The number of rotatable bonds is 2. The van der Waals surface area contributed by atoms with Gasteiger partial charge in [-0.1, -0.05) is 0 Å². The number of nitrogens with two attached hydrogens (primary N) is 1. The number of aryl methyl sites for hydroxylation is 2. The first kappa shape index (κ1) is 9.46. The molecule has 0 aromatic carbocycles. The molecule has 14 heavy (non-hydrogen) atoms. The van der Waals surface area contributed by atoms with E-state index < -0.39 is 0 Å². The highest BCUT2D eigenvalue weighted by Crippen LogP contribution is 2.26. The second-order valence-corrected chi connectivity index (χ2v) is 3.92. The van der Waals surface area contributed by atoms with Crippen LogP contribution in [0.1, 0.15) is 40.2 Å². The minimum atomic E-state index is 0.0712. The lowest BCUT2D eigenvalue weighted by Gasteiger charge is -2.11. The van der Waals surface area contributed by atoms with Crippen molar-refractivity contribution in [2.45, 2.75) is 32.6 Å². The molecule has 0 bridgehead atoms. The van der Waals surface area contributed by atoms with E-state index in [4.69, 9.17) is 5.73 Å². The molecule has 0 radical (unpaired) electrons. The number of H-pyrrole nitrogens is 1. The third-order valence-electron chi connectivity index (χ3n) is 2.95. The number of hydrogen-bond donors (Lipinski definition) is 2. The van der Waals surface area contributed by atoms with E-state index in [9.17, 15) is 4.79 Å². The number of nitrogens with one attached hydrogen (secondary N) is 1. The normalized spacial score (nSPS) is 15.3. The van der Waals surface area contributed by atoms with Crippen LogP contribution in [-0.4, -0.2) is 17.3 Å². The van der Waals surface area contributed by atoms with Crippen LogP contribution in [0.3, 0.4) is 0 Å². The van der Waals surface area contributed by atoms with Gasteiger partial charge in [0.2, 0.25) is 0 Å². The Bertz CT molecular complexity index is 366. The SMILES string of the molecule is Cc1[nH]c2c(c1C(=O)CN)CCCC2. The molecule has 1 aliphatic carbocycles. The first-order valence-electron chi connectivity index (χ1n) is 5.17. The minimum absolute atomic E-state index is 0.0712. The highest BCUT2D eigenvalue weighted by atomic mass is 16.1. The quantitative estimate of drug-likeness (QED) is 0.695. The molecule has 0 saturated carbocycles. The number of aromatic nitrogens is 1. The number of carbonyl (C=O) groups is 1. The average molecular weight is 192 g/mol. The maximum absolute atomic E-state index is 11.6. The number of hydrogen-bond acceptors (Lipinski definition) is 2. The third kappa shape index (κ3) is 1.38. The number of ketones is 1. The molecule has 1 heterocycles. The van der Waals surface area contributed by atoms with Crippen LogP contribution in [0, 0.1) is 6.92 Å². The first-order chi connectivity index (χ1) is 6.74. The van der Waals surface area contributed by atoms with E-state index in [1.807, 2.05) is 6.92 Å². The molecule has 3 heteroatoms. The van der Waals surface area contributed by atoms with Crippen LogP contribution in [-0.2, 0) is 12.8 Å². The van der Waals surface area contributed by atoms with Gasteiger partial charge in [-0.05, 0) is 38.2 Å². The molecule has 0 unspecified atom stereocenters. The summed E-state index contributed by atoms with van der Waals surface area (Å²) in [6, 6.07) is 0. The van der Waals surface area contributed by atoms with E-state index in [1.165, 1.54) is 24.1 Å². The highest BCUT2D eigenvalue weighted by molar-refractivity contribution is 6.00. The van der Waals surface area contributed by atoms with Gasteiger partial charge in [0.1, 0.15) is 0 Å². The van der Waals surface area contributed by atoms with Gasteiger partial charge in [-0.3, -0.25) is 4.79 Å². The molecule has 0 spiro atoms. The van der Waals surface area contributed by atoms with Crippen molar-refractivity contribution in [1.82, 2.24) is 4.98 Å². The molecule has 1 aromatic rings. The lowest BCUT2D eigenvalue weighted by Crippen LogP contribution is -2.16. The first-order valence-corrected chi connectivity index (χ1v) is 5.17. The molecule has 0 fully saturated rings. The molecule has 76 valence electrons. The van der Waals surface area contributed by atoms with Gasteiger partial charge in [0.25, 0.3) is 0 Å². The Labute approximate surface area is 83.7 Å². The fourth-order valence-electron chi connectivity index (χ4n) is 2.31. The summed E-state index contributed by atoms with van der Waals surface area (Å²) in [5, 5.41) is 0. The molecule has 1 aliphatic rings. The van der Waals surface area contributed by atoms with Gasteiger partial charge >= 0.3 is 0 Å². The standard InChI is InChI=1S/C11H16N2O/c1-7-11(10(14)6-12)8-4-2-3-5-9(8)13-7/h13H,2-6,12H2,1H3. The smallest absolute Gasteiger partial charge is 0.178 e. The number of carbonyl (C=O) groups excluding carboxylic acids is 1. The Morgan fingerprint density at radius 2 is 2.14 bits per heavy atom. The van der Waals surface area contributed by atoms with Crippen molar-refractivity contribution in [2.75, 3.05) is 6.54 Å². The maximum atomic E-state index is 11.6. The van der Waals surface area contributed by atoms with Gasteiger partial charge in [-0.25, -0.2) is 0 Å². The molecule has 0 saturated heterocycles. The zero-order chi connectivity index (χ0) is 10.1. The second kappa shape index (κ2) is 3.58. The lowest BCUT2D eigenvalue weighted by atomic mass is 9.93. The van der Waals surface area contributed by atoms with Gasteiger partial charge in [0.15, 0.2) is 5.78 Å². The van der Waals surface area contributed by atoms with Crippen molar-refractivity contribution in [1.29, 1.82) is 0 Å². The molecule has 3 N–H and O–H groups in total. The average Bonchev–Trinajstić information content (AvgIpc) is 2.53. The summed E-state index contributed by atoms with van der Waals surface area (Å²) in [6.07, 6.45) is 4.52. The van der Waals surface area contributed by atoms with Gasteiger partial charge in [0, 0.05) is 17.0 Å². The van der Waals surface area contributed by atoms with Crippen LogP contribution in [0.15, 0.2) is 0 Å². The predicted molar refractivity (Wildman–Crippen MR) is 55.6 cm³/mol. The van der Waals surface area contributed by atoms with Crippen molar-refractivity contribution in [3.05, 3.63) is 22.5 Å². The number of Topliss-reactive ketones (excluding diaryl/α,β-unsaturated/α-hetero) is 1. The van der Waals surface area contributed by atoms with Gasteiger partial charge in [-0.2, -0.15) is 0 Å². The van der Waals surface area contributed by atoms with Crippen molar-refractivity contribution >= 4 is 5.78 Å². The zero-order valence-corrected chi connectivity index (χ0v) is 8.52. The zero-order valence-electron chi connectivity index (χ0n) is 8.52. The molecule has 0 amide bonds. The van der Waals surface area contributed by atoms with E-state index in [2.05, 4.69) is 4.98 Å². The van der Waals surface area contributed by atoms with E-state index in [0.717, 1.165) is 24.1 Å². The predicted octanol–water partition coefficient (Wildman–Crippen LogP) is 1.34. The molecular formula is C11H16N2O. The Morgan fingerprint density at radius 3 is 2.86 bits per heavy atom. The van der Waals surface area contributed by atoms with Crippen LogP contribution >= 0.6 is 0 Å². The van der Waals surface area contributed by atoms with E-state index in [0.29, 0.717) is 0 Å². The third-order valence-corrected chi connectivity index (χ3v) is 2.95. The Morgan fingerprint density at radius 1 is 1.43 bits per heavy atom. The van der Waals surface area contributed by atoms with Gasteiger partial charge in [0.05, 0.1) is 6.54 Å². The fraction of sp³-hybridized carbons (Fsp3) is 0.545. The van der Waals surface area contributed by atoms with E-state index >= 15 is 0 Å². The van der Waals surface area contributed by atoms with Crippen LogP contribution in [0.5, 0.6) is 0 Å². The molecule has 2 rings (SSSR count). The Kier molecular flexibility index (Phi) is 2.42. The van der Waals surface area contributed by atoms with Gasteiger partial charge in [-0.15, -0.1) is 0 Å². The fourth-order valence-corrected chi connectivity index (χ4v) is 2.31. The van der Waals surface area contributed by atoms with Gasteiger partial charge < -0.3 is 10.7 Å². The maximum Gasteiger partial charge on any atom is 0.178 e. The van der Waals surface area contributed by atoms with Crippen molar-refractivity contribution in [3.63, 3.8) is 0 Å². The van der Waals surface area contributed by atoms with Crippen LogP contribution < -0.4 is 5.73 Å². The van der Waals surface area contributed by atoms with E-state index in [1.54, 1.807) is 0 Å². The Balaban J connectivity index is 2.47. The summed E-state index contributed by atoms with van der Waals surface area (Å²) in [5.74, 6) is 0.0712. The summed E-state index contributed by atoms with van der Waals surface area (Å²) in [4.78, 5) is 14.9. The molecule has 0 aliphatic heterocycles. The summed E-state index contributed by atoms with van der Waals surface area (Å²) in [5.41, 5.74) is 9.74. The highest BCUT2D eigenvalue weighted by Gasteiger charge is 2.21. The minimum Gasteiger partial charge on any atom is -0.362 e. The summed E-state index contributed by atoms with van der Waals surface area (Å²) in [6.45, 7) is 2.08. The lowest BCUT2D eigenvalue weighted by molar-refractivity contribution is 0.1000. The monoisotopic (exact) mass is 192 g/mol. The molecular weight excluding hydrogens is 176 g/mol. The second-order valence-electron chi connectivity index (χ2n) is 3.92. The summed E-state index contributed by atoms with van der Waals surface area (Å²) < 4.78 is 0. The van der Waals surface area contributed by atoms with Crippen LogP contribution in [0.25, 0.3) is 0 Å². The topological polar surface area (TPSA) is 58.9 Å². The van der Waals surface area contributed by atoms with Crippen LogP contribution in [0.4, 0.5) is 0 Å². The van der Waals surface area contributed by atoms with E-state index in [-0.39, 0.29) is 12.3 Å². The summed E-state index contributed by atoms with van der Waals surface area (Å²) in [7, 11) is 0. The molecule has 3 nitrogen and oxygen atoms in total. The molecule has 0 atom stereocenters. The summed E-state index contributed by atoms with van der Waals surface area (Å²) >= 11 is 0. The van der Waals surface area contributed by atoms with Crippen molar-refractivity contribution in [3.8, 4) is 0 Å². The Hall–Kier alpha value is -1.09. The van der Waals surface area contributed by atoms with Crippen molar-refractivity contribution < 1.29 is 4.79 Å². The number of fused-ring (bicyclic) bond motifs is 1. The molecule has 1 aromatic heterocycles. The largest absolute Gasteiger partial charge is 0.362 e.